The first-order chi connectivity index (χ1) is 14.5. The summed E-state index contributed by atoms with van der Waals surface area (Å²) in [4.78, 5) is 24.4. The molecule has 3 aromatic carbocycles. The number of carbonyl (C=O) groups excluding carboxylic acids is 2. The zero-order valence-corrected chi connectivity index (χ0v) is 18.0. The second-order valence-corrected chi connectivity index (χ2v) is 7.29. The van der Waals surface area contributed by atoms with E-state index in [4.69, 9.17) is 9.47 Å². The predicted octanol–water partition coefficient (Wildman–Crippen LogP) is 4.75. The number of carbonyl (C=O) groups is 2. The highest BCUT2D eigenvalue weighted by Gasteiger charge is 2.13. The second kappa shape index (κ2) is 9.84. The average Bonchev–Trinajstić information content (AvgIpc) is 2.75. The standard InChI is InChI=1S/C23H19BrN2O4/c1-15-6-9-17(10-7-15)22(27)26-25-14-16-8-11-20(21(12-16)29-2)30-23(28)18-4-3-5-19(24)13-18/h3-14H,1-2H3,(H,26,27)/b25-14+. The van der Waals surface area contributed by atoms with E-state index in [0.717, 1.165) is 10.0 Å². The zero-order valence-electron chi connectivity index (χ0n) is 16.4. The van der Waals surface area contributed by atoms with Gasteiger partial charge in [0, 0.05) is 10.0 Å². The summed E-state index contributed by atoms with van der Waals surface area (Å²) >= 11 is 3.33. The Bertz CT molecular complexity index is 1090. The van der Waals surface area contributed by atoms with Crippen LogP contribution >= 0.6 is 15.9 Å². The molecule has 0 aliphatic rings. The lowest BCUT2D eigenvalue weighted by molar-refractivity contribution is 0.0729. The summed E-state index contributed by atoms with van der Waals surface area (Å²) < 4.78 is 11.5. The van der Waals surface area contributed by atoms with Crippen LogP contribution in [0.25, 0.3) is 0 Å². The van der Waals surface area contributed by atoms with Crippen molar-refractivity contribution in [1.82, 2.24) is 5.43 Å². The third kappa shape index (κ3) is 5.55. The van der Waals surface area contributed by atoms with Crippen molar-refractivity contribution < 1.29 is 19.1 Å². The molecule has 0 aliphatic carbocycles. The van der Waals surface area contributed by atoms with Gasteiger partial charge in [0.1, 0.15) is 0 Å². The summed E-state index contributed by atoms with van der Waals surface area (Å²) in [5.41, 5.74) is 5.15. The molecule has 0 unspecified atom stereocenters. The number of esters is 1. The Balaban J connectivity index is 1.67. The maximum absolute atomic E-state index is 12.3. The fourth-order valence-electron chi connectivity index (χ4n) is 2.56. The van der Waals surface area contributed by atoms with Crippen LogP contribution in [0.5, 0.6) is 11.5 Å². The minimum Gasteiger partial charge on any atom is -0.493 e. The Hall–Kier alpha value is -3.45. The molecule has 0 fully saturated rings. The van der Waals surface area contributed by atoms with E-state index in [1.807, 2.05) is 25.1 Å². The number of hydrogen-bond donors (Lipinski definition) is 1. The monoisotopic (exact) mass is 466 g/mol. The van der Waals surface area contributed by atoms with Gasteiger partial charge in [-0.3, -0.25) is 4.79 Å². The fourth-order valence-corrected chi connectivity index (χ4v) is 2.96. The Kier molecular flexibility index (Phi) is 6.98. The van der Waals surface area contributed by atoms with Crippen LogP contribution in [0.15, 0.2) is 76.3 Å². The second-order valence-electron chi connectivity index (χ2n) is 6.38. The molecular formula is C23H19BrN2O4. The summed E-state index contributed by atoms with van der Waals surface area (Å²) in [5.74, 6) is -0.158. The number of ether oxygens (including phenoxy) is 2. The molecule has 1 amide bonds. The highest BCUT2D eigenvalue weighted by atomic mass is 79.9. The third-order valence-corrected chi connectivity index (χ3v) is 4.64. The van der Waals surface area contributed by atoms with Gasteiger partial charge in [0.2, 0.25) is 0 Å². The van der Waals surface area contributed by atoms with Crippen LogP contribution in [0.3, 0.4) is 0 Å². The lowest BCUT2D eigenvalue weighted by Crippen LogP contribution is -2.17. The number of rotatable bonds is 6. The van der Waals surface area contributed by atoms with Crippen LogP contribution in [-0.4, -0.2) is 25.2 Å². The Morgan fingerprint density at radius 1 is 0.967 bits per heavy atom. The molecule has 0 bridgehead atoms. The fraction of sp³-hybridized carbons (Fsp3) is 0.0870. The normalized spacial score (nSPS) is 10.6. The van der Waals surface area contributed by atoms with E-state index in [2.05, 4.69) is 26.5 Å². The van der Waals surface area contributed by atoms with Gasteiger partial charge in [0.05, 0.1) is 18.9 Å². The smallest absolute Gasteiger partial charge is 0.343 e. The SMILES string of the molecule is COc1cc(/C=N/NC(=O)c2ccc(C)cc2)ccc1OC(=O)c1cccc(Br)c1. The molecule has 0 aromatic heterocycles. The molecule has 0 saturated heterocycles. The highest BCUT2D eigenvalue weighted by molar-refractivity contribution is 9.10. The number of aryl methyl sites for hydroxylation is 1. The molecule has 3 rings (SSSR count). The maximum atomic E-state index is 12.3. The summed E-state index contributed by atoms with van der Waals surface area (Å²) in [6.07, 6.45) is 1.48. The van der Waals surface area contributed by atoms with E-state index in [1.54, 1.807) is 48.5 Å². The van der Waals surface area contributed by atoms with Gasteiger partial charge in [-0.2, -0.15) is 5.10 Å². The van der Waals surface area contributed by atoms with Crippen LogP contribution in [0, 0.1) is 6.92 Å². The van der Waals surface area contributed by atoms with E-state index < -0.39 is 5.97 Å². The van der Waals surface area contributed by atoms with E-state index in [0.29, 0.717) is 22.4 Å². The van der Waals surface area contributed by atoms with Crippen molar-refractivity contribution in [3.63, 3.8) is 0 Å². The number of halogens is 1. The van der Waals surface area contributed by atoms with Crippen LogP contribution in [0.2, 0.25) is 0 Å². The van der Waals surface area contributed by atoms with Gasteiger partial charge in [0.25, 0.3) is 5.91 Å². The number of nitrogens with one attached hydrogen (secondary N) is 1. The van der Waals surface area contributed by atoms with E-state index >= 15 is 0 Å². The molecule has 3 aromatic rings. The van der Waals surface area contributed by atoms with Crippen LogP contribution in [0.4, 0.5) is 0 Å². The molecule has 0 heterocycles. The number of hydrazone groups is 1. The zero-order chi connectivity index (χ0) is 21.5. The number of benzene rings is 3. The van der Waals surface area contributed by atoms with Gasteiger partial charge in [-0.05, 0) is 61.0 Å². The maximum Gasteiger partial charge on any atom is 0.343 e. The van der Waals surface area contributed by atoms with Gasteiger partial charge in [-0.25, -0.2) is 10.2 Å². The summed E-state index contributed by atoms with van der Waals surface area (Å²) in [7, 11) is 1.48. The lowest BCUT2D eigenvalue weighted by atomic mass is 10.1. The molecule has 0 spiro atoms. The van der Waals surface area contributed by atoms with Gasteiger partial charge in [-0.15, -0.1) is 0 Å². The van der Waals surface area contributed by atoms with Gasteiger partial charge < -0.3 is 9.47 Å². The minimum absolute atomic E-state index is 0.281. The topological polar surface area (TPSA) is 77.0 Å². The van der Waals surface area contributed by atoms with Gasteiger partial charge >= 0.3 is 5.97 Å². The molecule has 30 heavy (non-hydrogen) atoms. The van der Waals surface area contributed by atoms with Crippen LogP contribution in [-0.2, 0) is 0 Å². The average molecular weight is 467 g/mol. The Labute approximate surface area is 182 Å². The predicted molar refractivity (Wildman–Crippen MR) is 118 cm³/mol. The molecule has 0 saturated carbocycles. The van der Waals surface area contributed by atoms with Gasteiger partial charge in [0.15, 0.2) is 11.5 Å². The van der Waals surface area contributed by atoms with Crippen LogP contribution < -0.4 is 14.9 Å². The van der Waals surface area contributed by atoms with E-state index in [-0.39, 0.29) is 11.7 Å². The van der Waals surface area contributed by atoms with Gasteiger partial charge in [-0.1, -0.05) is 39.7 Å². The largest absolute Gasteiger partial charge is 0.493 e. The quantitative estimate of drug-likeness (QED) is 0.246. The van der Waals surface area contributed by atoms with Crippen molar-refractivity contribution in [1.29, 1.82) is 0 Å². The first-order valence-corrected chi connectivity index (χ1v) is 9.81. The molecule has 0 aliphatic heterocycles. The molecule has 152 valence electrons. The Morgan fingerprint density at radius 3 is 2.43 bits per heavy atom. The first kappa shape index (κ1) is 21.3. The first-order valence-electron chi connectivity index (χ1n) is 9.02. The Morgan fingerprint density at radius 2 is 1.73 bits per heavy atom. The highest BCUT2D eigenvalue weighted by Crippen LogP contribution is 2.28. The van der Waals surface area contributed by atoms with Crippen LogP contribution in [0.1, 0.15) is 31.8 Å². The van der Waals surface area contributed by atoms with E-state index in [1.165, 1.54) is 13.3 Å². The van der Waals surface area contributed by atoms with E-state index in [9.17, 15) is 9.59 Å². The number of methoxy groups -OCH3 is 1. The number of hydrogen-bond acceptors (Lipinski definition) is 5. The molecule has 1 N–H and O–H groups in total. The molecule has 6 nitrogen and oxygen atoms in total. The van der Waals surface area contributed by atoms with Crippen molar-refractivity contribution in [2.24, 2.45) is 5.10 Å². The van der Waals surface area contributed by atoms with Crippen molar-refractivity contribution in [3.8, 4) is 11.5 Å². The molecular weight excluding hydrogens is 448 g/mol. The van der Waals surface area contributed by atoms with Crippen molar-refractivity contribution >= 4 is 34.0 Å². The number of nitrogens with zero attached hydrogens (tertiary/aromatic N) is 1. The molecule has 7 heteroatoms. The third-order valence-electron chi connectivity index (χ3n) is 4.14. The van der Waals surface area contributed by atoms with Crippen molar-refractivity contribution in [2.75, 3.05) is 7.11 Å². The van der Waals surface area contributed by atoms with Crippen molar-refractivity contribution in [3.05, 3.63) is 93.5 Å². The summed E-state index contributed by atoms with van der Waals surface area (Å²) in [6, 6.07) is 19.1. The lowest BCUT2D eigenvalue weighted by Gasteiger charge is -2.10. The summed E-state index contributed by atoms with van der Waals surface area (Å²) in [6.45, 7) is 1.95. The molecule has 0 atom stereocenters. The number of amides is 1. The van der Waals surface area contributed by atoms with Crippen molar-refractivity contribution in [2.45, 2.75) is 6.92 Å². The molecule has 0 radical (unpaired) electrons. The summed E-state index contributed by atoms with van der Waals surface area (Å²) in [5, 5.41) is 3.97. The minimum atomic E-state index is -0.499.